The molecule has 0 heterocycles. The molecule has 0 aromatic heterocycles. The molecule has 76 valence electrons. The van der Waals surface area contributed by atoms with Crippen molar-refractivity contribution in [3.8, 4) is 0 Å². The van der Waals surface area contributed by atoms with Gasteiger partial charge in [0.25, 0.3) is 0 Å². The minimum absolute atomic E-state index is 0.541. The maximum atomic E-state index is 10.8. The summed E-state index contributed by atoms with van der Waals surface area (Å²) in [5.74, 6) is 0. The summed E-state index contributed by atoms with van der Waals surface area (Å²) in [5, 5.41) is -1.08. The van der Waals surface area contributed by atoms with Crippen LogP contribution >= 0.6 is 44.9 Å². The van der Waals surface area contributed by atoms with Crippen molar-refractivity contribution in [3.05, 3.63) is 0 Å². The number of carbonyl (C=O) groups is 2. The average molecular weight is 367 g/mol. The van der Waals surface area contributed by atoms with Crippen LogP contribution in [0.15, 0.2) is 0 Å². The van der Waals surface area contributed by atoms with E-state index in [0.717, 1.165) is 0 Å². The third-order valence-electron chi connectivity index (χ3n) is 0.807. The summed E-state index contributed by atoms with van der Waals surface area (Å²) < 4.78 is 9.85. The second-order valence-electron chi connectivity index (χ2n) is 2.29. The first-order valence-corrected chi connectivity index (χ1v) is 14.8. The predicted molar refractivity (Wildman–Crippen MR) is 63.6 cm³/mol. The molecule has 0 N–H and O–H groups in total. The zero-order valence-electron chi connectivity index (χ0n) is 6.84. The molecule has 0 bridgehead atoms. The maximum absolute atomic E-state index is 10.8. The number of hydrogen-bond acceptors (Lipinski definition) is 8. The van der Waals surface area contributed by atoms with E-state index in [0.29, 0.717) is 21.6 Å². The monoisotopic (exact) mass is 368 g/mol. The molecule has 0 aliphatic heterocycles. The van der Waals surface area contributed by atoms with Crippen molar-refractivity contribution in [2.45, 2.75) is 9.88 Å². The molecule has 4 nitrogen and oxygen atoms in total. The van der Waals surface area contributed by atoms with Gasteiger partial charge in [0.1, 0.15) is 0 Å². The number of rotatable bonds is 2. The van der Waals surface area contributed by atoms with E-state index >= 15 is 0 Å². The van der Waals surface area contributed by atoms with Crippen molar-refractivity contribution >= 4 is 74.7 Å². The Hall–Kier alpha value is 1.14. The first kappa shape index (κ1) is 14.1. The second-order valence-corrected chi connectivity index (χ2v) is 13.6. The molecular weight excluding hydrogens is 359 g/mol. The Morgan fingerprint density at radius 3 is 1.62 bits per heavy atom. The van der Waals surface area contributed by atoms with Crippen LogP contribution in [0.1, 0.15) is 0 Å². The van der Waals surface area contributed by atoms with Crippen molar-refractivity contribution in [3.63, 3.8) is 0 Å². The molecule has 0 rings (SSSR count). The van der Waals surface area contributed by atoms with Crippen molar-refractivity contribution in [1.82, 2.24) is 0 Å². The quantitative estimate of drug-likeness (QED) is 0.445. The Morgan fingerprint density at radius 1 is 1.08 bits per heavy atom. The Morgan fingerprint density at radius 2 is 1.38 bits per heavy atom. The van der Waals surface area contributed by atoms with Crippen LogP contribution in [0.5, 0.6) is 0 Å². The molecule has 0 saturated carbocycles. The molecule has 9 heteroatoms. The van der Waals surface area contributed by atoms with E-state index in [-0.39, 0.29) is 0 Å². The molecule has 0 aliphatic carbocycles. The summed E-state index contributed by atoms with van der Waals surface area (Å²) in [5.41, 5.74) is 0. The summed E-state index contributed by atoms with van der Waals surface area (Å²) in [6.45, 7) is 0. The fourth-order valence-corrected chi connectivity index (χ4v) is 7.77. The van der Waals surface area contributed by atoms with Crippen molar-refractivity contribution in [2.24, 2.45) is 0 Å². The van der Waals surface area contributed by atoms with Gasteiger partial charge in [-0.1, -0.05) is 0 Å². The third-order valence-corrected chi connectivity index (χ3v) is 6.88. The molecule has 13 heavy (non-hydrogen) atoms. The van der Waals surface area contributed by atoms with Crippen molar-refractivity contribution < 1.29 is 15.7 Å². The van der Waals surface area contributed by atoms with E-state index in [1.54, 1.807) is 9.88 Å². The van der Waals surface area contributed by atoms with E-state index in [4.69, 9.17) is 6.15 Å². The van der Waals surface area contributed by atoms with Gasteiger partial charge in [-0.3, -0.25) is 0 Å². The van der Waals surface area contributed by atoms with Crippen molar-refractivity contribution in [1.29, 1.82) is 0 Å². The predicted octanol–water partition coefficient (Wildman–Crippen LogP) is 3.12. The summed E-state index contributed by atoms with van der Waals surface area (Å²) >= 11 is 3.88. The topological polar surface area (TPSA) is 52.6 Å². The molecule has 0 saturated heterocycles. The van der Waals surface area contributed by atoms with Gasteiger partial charge in [-0.2, -0.15) is 0 Å². The first-order chi connectivity index (χ1) is 5.91. The zero-order chi connectivity index (χ0) is 10.5. The molecular formula is C4H8O4S4Sn. The first-order valence-electron chi connectivity index (χ1n) is 3.00. The zero-order valence-corrected chi connectivity index (χ0v) is 13.1. The molecule has 0 aromatic carbocycles. The molecule has 0 aromatic rings. The van der Waals surface area contributed by atoms with Crippen LogP contribution in [0.25, 0.3) is 0 Å². The fraction of sp³-hybridized carbons (Fsp3) is 0.500. The Bertz CT molecular complexity index is 188. The Kier molecular flexibility index (Phi) is 7.17. The van der Waals surface area contributed by atoms with E-state index < -0.39 is 29.8 Å². The minimum atomic E-state index is -3.44. The number of carbonyl (C=O) groups excluding carboxylic acids is 2. The van der Waals surface area contributed by atoms with Crippen LogP contribution in [0, 0.1) is 0 Å². The second kappa shape index (κ2) is 6.59. The van der Waals surface area contributed by atoms with E-state index in [1.807, 2.05) is 0 Å². The van der Waals surface area contributed by atoms with Gasteiger partial charge in [-0.05, 0) is 0 Å². The molecule has 0 unspecified atom stereocenters. The molecule has 0 aliphatic rings. The SMILES string of the molecule is [CH3][Sn]([CH3])([O]C(=O)SS)[O]C(=O)SS. The van der Waals surface area contributed by atoms with Crippen LogP contribution < -0.4 is 0 Å². The number of hydrogen-bond donors (Lipinski definition) is 2. The van der Waals surface area contributed by atoms with Gasteiger partial charge >= 0.3 is 100 Å². The summed E-state index contributed by atoms with van der Waals surface area (Å²) in [6, 6.07) is 0. The van der Waals surface area contributed by atoms with Crippen LogP contribution in [0.4, 0.5) is 9.59 Å². The normalized spacial score (nSPS) is 10.8. The fourth-order valence-electron chi connectivity index (χ4n) is 0.459. The Labute approximate surface area is 99.5 Å². The van der Waals surface area contributed by atoms with Gasteiger partial charge in [0.2, 0.25) is 0 Å². The number of thiol groups is 2. The summed E-state index contributed by atoms with van der Waals surface area (Å²) in [6.07, 6.45) is 0. The van der Waals surface area contributed by atoms with Gasteiger partial charge in [0.05, 0.1) is 0 Å². The van der Waals surface area contributed by atoms with E-state index in [1.165, 1.54) is 0 Å². The molecule has 0 fully saturated rings. The molecule has 0 spiro atoms. The molecule has 0 radical (unpaired) electrons. The van der Waals surface area contributed by atoms with Crippen LogP contribution in [0.2, 0.25) is 9.88 Å². The van der Waals surface area contributed by atoms with Crippen LogP contribution in [0.3, 0.4) is 0 Å². The third kappa shape index (κ3) is 7.11. The standard InChI is InChI=1S/2CH2O2S2.2CH3.Sn/c2*2-1(3)5-4;;;/h2*4H,(H,2,3);2*1H3;/q;;;;+2/p-2. The van der Waals surface area contributed by atoms with Crippen LogP contribution in [-0.4, -0.2) is 29.8 Å². The molecule has 0 amide bonds. The van der Waals surface area contributed by atoms with Crippen LogP contribution in [-0.2, 0) is 6.15 Å². The van der Waals surface area contributed by atoms with Gasteiger partial charge in [-0.25, -0.2) is 0 Å². The average Bonchev–Trinajstić information content (AvgIpc) is 2.02. The Balaban J connectivity index is 4.07. The van der Waals surface area contributed by atoms with E-state index in [2.05, 4.69) is 23.3 Å². The van der Waals surface area contributed by atoms with Crippen molar-refractivity contribution in [2.75, 3.05) is 0 Å². The van der Waals surface area contributed by atoms with Gasteiger partial charge in [0.15, 0.2) is 0 Å². The van der Waals surface area contributed by atoms with Gasteiger partial charge in [-0.15, -0.1) is 0 Å². The molecule has 0 atom stereocenters. The summed E-state index contributed by atoms with van der Waals surface area (Å²) in [7, 11) is 1.31. The summed E-state index contributed by atoms with van der Waals surface area (Å²) in [4.78, 5) is 24.9. The van der Waals surface area contributed by atoms with E-state index in [9.17, 15) is 9.59 Å². The van der Waals surface area contributed by atoms with Gasteiger partial charge < -0.3 is 0 Å². The van der Waals surface area contributed by atoms with Gasteiger partial charge in [0, 0.05) is 0 Å².